The van der Waals surface area contributed by atoms with Gasteiger partial charge in [0.15, 0.2) is 0 Å². The summed E-state index contributed by atoms with van der Waals surface area (Å²) in [6.07, 6.45) is 10.9. The van der Waals surface area contributed by atoms with Gasteiger partial charge in [-0.15, -0.1) is 0 Å². The SMILES string of the molecule is CCNC(Cc1ccc(Br)cc1Cl)CC1CCCCCC1. The van der Waals surface area contributed by atoms with Crippen molar-refractivity contribution in [2.45, 2.75) is 64.3 Å². The van der Waals surface area contributed by atoms with Gasteiger partial charge in [0.05, 0.1) is 0 Å². The molecule has 1 N–H and O–H groups in total. The molecule has 1 aliphatic rings. The van der Waals surface area contributed by atoms with Crippen molar-refractivity contribution in [3.8, 4) is 0 Å². The lowest BCUT2D eigenvalue weighted by Crippen LogP contribution is -2.33. The van der Waals surface area contributed by atoms with Gasteiger partial charge in [-0.05, 0) is 43.0 Å². The van der Waals surface area contributed by atoms with Crippen LogP contribution in [0.15, 0.2) is 22.7 Å². The Bertz CT molecular complexity index is 427. The molecule has 118 valence electrons. The van der Waals surface area contributed by atoms with Gasteiger partial charge in [0.1, 0.15) is 0 Å². The molecule has 1 aliphatic carbocycles. The van der Waals surface area contributed by atoms with Gasteiger partial charge in [-0.1, -0.05) is 79.0 Å². The first-order valence-corrected chi connectivity index (χ1v) is 9.53. The second-order valence-electron chi connectivity index (χ2n) is 6.29. The number of benzene rings is 1. The predicted octanol–water partition coefficient (Wildman–Crippen LogP) is 5.98. The van der Waals surface area contributed by atoms with Crippen LogP contribution in [0.1, 0.15) is 57.4 Å². The van der Waals surface area contributed by atoms with Gasteiger partial charge in [-0.25, -0.2) is 0 Å². The Balaban J connectivity index is 1.97. The van der Waals surface area contributed by atoms with E-state index in [1.54, 1.807) is 0 Å². The maximum Gasteiger partial charge on any atom is 0.0449 e. The molecular formula is C18H27BrClN. The monoisotopic (exact) mass is 371 g/mol. The second-order valence-corrected chi connectivity index (χ2v) is 7.61. The lowest BCUT2D eigenvalue weighted by molar-refractivity contribution is 0.353. The van der Waals surface area contributed by atoms with Crippen LogP contribution in [0.25, 0.3) is 0 Å². The molecule has 0 saturated heterocycles. The van der Waals surface area contributed by atoms with E-state index in [1.165, 1.54) is 50.5 Å². The summed E-state index contributed by atoms with van der Waals surface area (Å²) in [4.78, 5) is 0. The number of hydrogen-bond acceptors (Lipinski definition) is 1. The van der Waals surface area contributed by atoms with Crippen LogP contribution >= 0.6 is 27.5 Å². The predicted molar refractivity (Wildman–Crippen MR) is 96.1 cm³/mol. The molecule has 21 heavy (non-hydrogen) atoms. The summed E-state index contributed by atoms with van der Waals surface area (Å²) in [5, 5.41) is 4.55. The fourth-order valence-corrected chi connectivity index (χ4v) is 4.23. The Labute approximate surface area is 143 Å². The third-order valence-electron chi connectivity index (χ3n) is 4.57. The summed E-state index contributed by atoms with van der Waals surface area (Å²) in [6, 6.07) is 6.81. The van der Waals surface area contributed by atoms with Crippen molar-refractivity contribution < 1.29 is 0 Å². The van der Waals surface area contributed by atoms with Crippen LogP contribution in [0.4, 0.5) is 0 Å². The summed E-state index contributed by atoms with van der Waals surface area (Å²) in [7, 11) is 0. The van der Waals surface area contributed by atoms with Gasteiger partial charge in [-0.2, -0.15) is 0 Å². The van der Waals surface area contributed by atoms with Crippen molar-refractivity contribution in [2.75, 3.05) is 6.54 Å². The van der Waals surface area contributed by atoms with E-state index < -0.39 is 0 Å². The fourth-order valence-electron chi connectivity index (χ4n) is 3.48. The highest BCUT2D eigenvalue weighted by molar-refractivity contribution is 9.10. The smallest absolute Gasteiger partial charge is 0.0449 e. The Kier molecular flexibility index (Phi) is 7.56. The zero-order valence-corrected chi connectivity index (χ0v) is 15.3. The van der Waals surface area contributed by atoms with Gasteiger partial charge >= 0.3 is 0 Å². The Morgan fingerprint density at radius 3 is 2.57 bits per heavy atom. The van der Waals surface area contributed by atoms with Crippen LogP contribution in [0.2, 0.25) is 5.02 Å². The first-order valence-electron chi connectivity index (χ1n) is 8.36. The second kappa shape index (κ2) is 9.17. The number of likely N-dealkylation sites (N-methyl/N-ethyl adjacent to an activating group) is 1. The summed E-state index contributed by atoms with van der Waals surface area (Å²) in [5.41, 5.74) is 1.26. The molecule has 0 spiro atoms. The number of rotatable bonds is 6. The average molecular weight is 373 g/mol. The van der Waals surface area contributed by atoms with E-state index in [2.05, 4.69) is 40.3 Å². The molecule has 1 saturated carbocycles. The van der Waals surface area contributed by atoms with Crippen molar-refractivity contribution in [2.24, 2.45) is 5.92 Å². The molecule has 0 bridgehead atoms. The van der Waals surface area contributed by atoms with Crippen molar-refractivity contribution in [1.82, 2.24) is 5.32 Å². The maximum absolute atomic E-state index is 6.38. The molecule has 1 fully saturated rings. The van der Waals surface area contributed by atoms with Gasteiger partial charge in [-0.3, -0.25) is 0 Å². The molecule has 0 aromatic heterocycles. The minimum atomic E-state index is 0.553. The minimum Gasteiger partial charge on any atom is -0.314 e. The van der Waals surface area contributed by atoms with Crippen LogP contribution in [0.3, 0.4) is 0 Å². The van der Waals surface area contributed by atoms with Gasteiger partial charge in [0.25, 0.3) is 0 Å². The summed E-state index contributed by atoms with van der Waals surface area (Å²) < 4.78 is 1.06. The van der Waals surface area contributed by atoms with Gasteiger partial charge in [0, 0.05) is 15.5 Å². The molecule has 0 aliphatic heterocycles. The van der Waals surface area contributed by atoms with Crippen molar-refractivity contribution in [1.29, 1.82) is 0 Å². The van der Waals surface area contributed by atoms with E-state index in [0.29, 0.717) is 6.04 Å². The van der Waals surface area contributed by atoms with Crippen molar-refractivity contribution in [3.05, 3.63) is 33.3 Å². The molecule has 1 unspecified atom stereocenters. The van der Waals surface area contributed by atoms with Crippen LogP contribution in [-0.4, -0.2) is 12.6 Å². The quantitative estimate of drug-likeness (QED) is 0.605. The molecule has 0 heterocycles. The zero-order chi connectivity index (χ0) is 15.1. The molecule has 1 atom stereocenters. The molecule has 1 aromatic rings. The summed E-state index contributed by atoms with van der Waals surface area (Å²) >= 11 is 9.87. The van der Waals surface area contributed by atoms with E-state index in [4.69, 9.17) is 11.6 Å². The number of nitrogens with one attached hydrogen (secondary N) is 1. The molecule has 0 amide bonds. The average Bonchev–Trinajstić information content (AvgIpc) is 2.71. The largest absolute Gasteiger partial charge is 0.314 e. The Morgan fingerprint density at radius 1 is 1.24 bits per heavy atom. The Morgan fingerprint density at radius 2 is 1.95 bits per heavy atom. The zero-order valence-electron chi connectivity index (χ0n) is 13.0. The topological polar surface area (TPSA) is 12.0 Å². The first kappa shape index (κ1) is 17.3. The van der Waals surface area contributed by atoms with E-state index in [-0.39, 0.29) is 0 Å². The highest BCUT2D eigenvalue weighted by atomic mass is 79.9. The van der Waals surface area contributed by atoms with Crippen LogP contribution in [0.5, 0.6) is 0 Å². The lowest BCUT2D eigenvalue weighted by atomic mass is 9.90. The third kappa shape index (κ3) is 5.92. The standard InChI is InChI=1S/C18H27BrClN/c1-2-21-17(11-14-7-5-3-4-6-8-14)12-15-9-10-16(19)13-18(15)20/h9-10,13-14,17,21H,2-8,11-12H2,1H3. The van der Waals surface area contributed by atoms with Crippen LogP contribution in [-0.2, 0) is 6.42 Å². The highest BCUT2D eigenvalue weighted by Crippen LogP contribution is 2.28. The molecule has 0 radical (unpaired) electrons. The van der Waals surface area contributed by atoms with E-state index in [9.17, 15) is 0 Å². The van der Waals surface area contributed by atoms with E-state index >= 15 is 0 Å². The number of halogens is 2. The maximum atomic E-state index is 6.38. The van der Waals surface area contributed by atoms with Gasteiger partial charge < -0.3 is 5.32 Å². The van der Waals surface area contributed by atoms with Crippen LogP contribution in [0, 0.1) is 5.92 Å². The van der Waals surface area contributed by atoms with Crippen molar-refractivity contribution >= 4 is 27.5 Å². The molecular weight excluding hydrogens is 346 g/mol. The summed E-state index contributed by atoms with van der Waals surface area (Å²) in [6.45, 7) is 3.23. The first-order chi connectivity index (χ1) is 10.2. The highest BCUT2D eigenvalue weighted by Gasteiger charge is 2.18. The van der Waals surface area contributed by atoms with Crippen LogP contribution < -0.4 is 5.32 Å². The van der Waals surface area contributed by atoms with Gasteiger partial charge in [0.2, 0.25) is 0 Å². The molecule has 1 nitrogen and oxygen atoms in total. The lowest BCUT2D eigenvalue weighted by Gasteiger charge is -2.24. The normalized spacial score (nSPS) is 18.4. The third-order valence-corrected chi connectivity index (χ3v) is 5.41. The molecule has 3 heteroatoms. The number of hydrogen-bond donors (Lipinski definition) is 1. The molecule has 2 rings (SSSR count). The van der Waals surface area contributed by atoms with Crippen molar-refractivity contribution in [3.63, 3.8) is 0 Å². The van der Waals surface area contributed by atoms with E-state index in [1.807, 2.05) is 6.07 Å². The summed E-state index contributed by atoms with van der Waals surface area (Å²) in [5.74, 6) is 0.894. The minimum absolute atomic E-state index is 0.553. The fraction of sp³-hybridized carbons (Fsp3) is 0.667. The van der Waals surface area contributed by atoms with E-state index in [0.717, 1.165) is 28.4 Å². The molecule has 1 aromatic carbocycles. The Hall–Kier alpha value is -0.0500.